The third-order valence-corrected chi connectivity index (χ3v) is 3.53. The fourth-order valence-corrected chi connectivity index (χ4v) is 2.16. The molecule has 130 valence electrons. The molecule has 0 heterocycles. The van der Waals surface area contributed by atoms with E-state index in [0.717, 1.165) is 5.56 Å². The molecular formula is C19H19NO5. The van der Waals surface area contributed by atoms with Crippen LogP contribution in [0.4, 0.5) is 0 Å². The van der Waals surface area contributed by atoms with Crippen molar-refractivity contribution in [1.82, 2.24) is 5.32 Å². The van der Waals surface area contributed by atoms with Crippen LogP contribution in [-0.4, -0.2) is 31.2 Å². The van der Waals surface area contributed by atoms with Crippen LogP contribution < -0.4 is 14.8 Å². The van der Waals surface area contributed by atoms with Crippen LogP contribution in [0.2, 0.25) is 0 Å². The molecule has 25 heavy (non-hydrogen) atoms. The quantitative estimate of drug-likeness (QED) is 0.789. The molecule has 0 saturated heterocycles. The van der Waals surface area contributed by atoms with Crippen LogP contribution in [0.15, 0.2) is 48.2 Å². The van der Waals surface area contributed by atoms with Crippen molar-refractivity contribution in [2.75, 3.05) is 14.2 Å². The van der Waals surface area contributed by atoms with Gasteiger partial charge < -0.3 is 19.9 Å². The van der Waals surface area contributed by atoms with E-state index >= 15 is 0 Å². The van der Waals surface area contributed by atoms with Gasteiger partial charge in [0, 0.05) is 11.1 Å². The maximum Gasteiger partial charge on any atom is 0.352 e. The summed E-state index contributed by atoms with van der Waals surface area (Å²) >= 11 is 0. The number of carbonyl (C=O) groups is 2. The lowest BCUT2D eigenvalue weighted by molar-refractivity contribution is -0.132. The molecule has 0 aliphatic rings. The summed E-state index contributed by atoms with van der Waals surface area (Å²) in [5, 5.41) is 11.8. The molecule has 2 N–H and O–H groups in total. The number of methoxy groups -OCH3 is 2. The van der Waals surface area contributed by atoms with Crippen molar-refractivity contribution in [2.24, 2.45) is 0 Å². The Bertz CT molecular complexity index is 809. The minimum atomic E-state index is -1.26. The van der Waals surface area contributed by atoms with Gasteiger partial charge in [-0.15, -0.1) is 0 Å². The van der Waals surface area contributed by atoms with Gasteiger partial charge in [-0.2, -0.15) is 0 Å². The Hall–Kier alpha value is -3.28. The van der Waals surface area contributed by atoms with Crippen LogP contribution in [-0.2, 0) is 4.79 Å². The van der Waals surface area contributed by atoms with Crippen molar-refractivity contribution in [2.45, 2.75) is 6.92 Å². The fraction of sp³-hybridized carbons (Fsp3) is 0.158. The first-order valence-corrected chi connectivity index (χ1v) is 7.49. The highest BCUT2D eigenvalue weighted by atomic mass is 16.5. The number of nitrogens with one attached hydrogen (secondary N) is 1. The number of carboxylic acid groups (broad SMARTS) is 1. The number of amides is 1. The third kappa shape index (κ3) is 4.60. The molecule has 6 nitrogen and oxygen atoms in total. The Balaban J connectivity index is 2.34. The van der Waals surface area contributed by atoms with E-state index in [1.807, 2.05) is 6.92 Å². The van der Waals surface area contributed by atoms with E-state index in [9.17, 15) is 14.7 Å². The van der Waals surface area contributed by atoms with Gasteiger partial charge in [-0.05, 0) is 43.3 Å². The Kier molecular flexibility index (Phi) is 5.79. The predicted octanol–water partition coefficient (Wildman–Crippen LogP) is 2.87. The maximum absolute atomic E-state index is 12.3. The zero-order valence-electron chi connectivity index (χ0n) is 14.2. The van der Waals surface area contributed by atoms with Crippen molar-refractivity contribution < 1.29 is 24.2 Å². The van der Waals surface area contributed by atoms with Gasteiger partial charge in [-0.25, -0.2) is 4.79 Å². The number of benzene rings is 2. The van der Waals surface area contributed by atoms with E-state index in [2.05, 4.69) is 5.32 Å². The average molecular weight is 341 g/mol. The van der Waals surface area contributed by atoms with Crippen LogP contribution in [0.1, 0.15) is 21.5 Å². The molecule has 0 radical (unpaired) electrons. The van der Waals surface area contributed by atoms with E-state index in [4.69, 9.17) is 9.47 Å². The highest BCUT2D eigenvalue weighted by Gasteiger charge is 2.15. The molecule has 0 atom stereocenters. The van der Waals surface area contributed by atoms with Crippen LogP contribution in [0.3, 0.4) is 0 Å². The lowest BCUT2D eigenvalue weighted by Gasteiger charge is -2.10. The number of carboxylic acids is 1. The molecule has 0 unspecified atom stereocenters. The van der Waals surface area contributed by atoms with Crippen LogP contribution >= 0.6 is 0 Å². The normalized spacial score (nSPS) is 10.9. The molecule has 0 aliphatic heterocycles. The smallest absolute Gasteiger partial charge is 0.352 e. The zero-order valence-corrected chi connectivity index (χ0v) is 14.2. The summed E-state index contributed by atoms with van der Waals surface area (Å²) in [5.74, 6) is -0.758. The highest BCUT2D eigenvalue weighted by molar-refractivity contribution is 6.02. The average Bonchev–Trinajstić information content (AvgIpc) is 2.61. The Labute approximate surface area is 145 Å². The predicted molar refractivity (Wildman–Crippen MR) is 93.8 cm³/mol. The summed E-state index contributed by atoms with van der Waals surface area (Å²) < 4.78 is 10.4. The van der Waals surface area contributed by atoms with Crippen LogP contribution in [0.5, 0.6) is 11.5 Å². The summed E-state index contributed by atoms with van der Waals surface area (Å²) in [4.78, 5) is 23.8. The molecule has 0 spiro atoms. The lowest BCUT2D eigenvalue weighted by atomic mass is 10.1. The highest BCUT2D eigenvalue weighted by Crippen LogP contribution is 2.26. The van der Waals surface area contributed by atoms with Crippen LogP contribution in [0, 0.1) is 6.92 Å². The first-order chi connectivity index (χ1) is 11.9. The standard InChI is InChI=1S/C19H19NO5/c1-12-4-6-13(7-5-12)18(21)20-16(19(22)23)11-14-10-15(24-2)8-9-17(14)25-3/h4-11H,1-3H3,(H,20,21)(H,22,23)/b16-11+. The Morgan fingerprint density at radius 1 is 1.04 bits per heavy atom. The number of aliphatic carboxylic acids is 1. The van der Waals surface area contributed by atoms with Gasteiger partial charge in [-0.1, -0.05) is 17.7 Å². The zero-order chi connectivity index (χ0) is 18.4. The number of carbonyl (C=O) groups excluding carboxylic acids is 1. The van der Waals surface area contributed by atoms with Gasteiger partial charge in [-0.3, -0.25) is 4.79 Å². The molecule has 0 aromatic heterocycles. The van der Waals surface area contributed by atoms with Crippen molar-refractivity contribution in [3.05, 3.63) is 64.9 Å². The van der Waals surface area contributed by atoms with Gasteiger partial charge in [0.2, 0.25) is 0 Å². The molecule has 1 amide bonds. The second kappa shape index (κ2) is 8.01. The topological polar surface area (TPSA) is 84.9 Å². The lowest BCUT2D eigenvalue weighted by Crippen LogP contribution is -2.27. The molecule has 0 aliphatic carbocycles. The minimum absolute atomic E-state index is 0.267. The molecule has 2 aromatic rings. The minimum Gasteiger partial charge on any atom is -0.497 e. The molecule has 2 rings (SSSR count). The number of hydrogen-bond acceptors (Lipinski definition) is 4. The van der Waals surface area contributed by atoms with E-state index in [1.165, 1.54) is 20.3 Å². The number of hydrogen-bond donors (Lipinski definition) is 2. The van der Waals surface area contributed by atoms with E-state index < -0.39 is 11.9 Å². The molecule has 2 aromatic carbocycles. The van der Waals surface area contributed by atoms with Crippen molar-refractivity contribution in [1.29, 1.82) is 0 Å². The second-order valence-corrected chi connectivity index (χ2v) is 5.29. The van der Waals surface area contributed by atoms with Gasteiger partial charge in [0.25, 0.3) is 5.91 Å². The van der Waals surface area contributed by atoms with Crippen molar-refractivity contribution in [3.8, 4) is 11.5 Å². The first kappa shape index (κ1) is 18.1. The number of ether oxygens (including phenoxy) is 2. The van der Waals surface area contributed by atoms with Crippen molar-refractivity contribution >= 4 is 18.0 Å². The SMILES string of the molecule is COc1ccc(OC)c(/C=C(/NC(=O)c2ccc(C)cc2)C(=O)O)c1. The van der Waals surface area contributed by atoms with Crippen molar-refractivity contribution in [3.63, 3.8) is 0 Å². The van der Waals surface area contributed by atoms with Gasteiger partial charge in [0.15, 0.2) is 0 Å². The number of aryl methyl sites for hydroxylation is 1. The summed E-state index contributed by atoms with van der Waals surface area (Å²) in [5.41, 5.74) is 1.59. The molecule has 6 heteroatoms. The van der Waals surface area contributed by atoms with E-state index in [-0.39, 0.29) is 5.70 Å². The van der Waals surface area contributed by atoms with E-state index in [0.29, 0.717) is 22.6 Å². The Morgan fingerprint density at radius 3 is 2.28 bits per heavy atom. The Morgan fingerprint density at radius 2 is 1.72 bits per heavy atom. The molecule has 0 saturated carbocycles. The maximum atomic E-state index is 12.3. The second-order valence-electron chi connectivity index (χ2n) is 5.29. The molecule has 0 fully saturated rings. The molecule has 0 bridgehead atoms. The third-order valence-electron chi connectivity index (χ3n) is 3.53. The summed E-state index contributed by atoms with van der Waals surface area (Å²) in [6.07, 6.45) is 1.33. The summed E-state index contributed by atoms with van der Waals surface area (Å²) in [6, 6.07) is 11.8. The molecular weight excluding hydrogens is 322 g/mol. The van der Waals surface area contributed by atoms with Gasteiger partial charge in [0.05, 0.1) is 14.2 Å². The largest absolute Gasteiger partial charge is 0.497 e. The summed E-state index contributed by atoms with van der Waals surface area (Å²) in [6.45, 7) is 1.90. The van der Waals surface area contributed by atoms with E-state index in [1.54, 1.807) is 42.5 Å². The van der Waals surface area contributed by atoms with Gasteiger partial charge in [0.1, 0.15) is 17.2 Å². The summed E-state index contributed by atoms with van der Waals surface area (Å²) in [7, 11) is 2.98. The monoisotopic (exact) mass is 341 g/mol. The van der Waals surface area contributed by atoms with Crippen LogP contribution in [0.25, 0.3) is 6.08 Å². The first-order valence-electron chi connectivity index (χ1n) is 7.49. The van der Waals surface area contributed by atoms with Gasteiger partial charge >= 0.3 is 5.97 Å². The fourth-order valence-electron chi connectivity index (χ4n) is 2.16. The number of rotatable bonds is 6.